The van der Waals surface area contributed by atoms with Crippen LogP contribution in [0.1, 0.15) is 49.9 Å². The van der Waals surface area contributed by atoms with E-state index in [9.17, 15) is 0 Å². The fraction of sp³-hybridized carbons (Fsp3) is 0.0458. The molecule has 0 aliphatic heterocycles. The van der Waals surface area contributed by atoms with Gasteiger partial charge >= 0.3 is 0 Å². The van der Waals surface area contributed by atoms with Gasteiger partial charge in [-0.25, -0.2) is 24.9 Å². The van der Waals surface area contributed by atoms with Crippen molar-refractivity contribution in [1.82, 2.24) is 38.6 Å². The number of aromatic nitrogens is 8. The van der Waals surface area contributed by atoms with E-state index in [2.05, 4.69) is 472 Å². The van der Waals surface area contributed by atoms with Gasteiger partial charge in [-0.15, -0.1) is 0 Å². The summed E-state index contributed by atoms with van der Waals surface area (Å²) in [6.07, 6.45) is 0. The standard InChI is InChI=1S/C53H37N3.C41H29N3.C37H22N2O/c1-53(2)44-25-15-14-24-42(44)48-40-22-12-13-23-41(40)49-43-32-38(30-31-47(43)56(51(49)50(48)53)39-20-10-5-11-21-39)34-26-28-37(29-27-34)52-54-45(35-16-6-3-7-17-35)33-46(55-52)36-18-8-4-9-19-36;1-41(2)32-23-13-11-21-30(32)36-28-19-9-10-20-29(28)37-31-22-12-14-24-35(31)44(39(37)38(36)41)40-42-33(26-15-5-3-6-16-26)25-34(43-40)27-17-7-4-8-18-27;1-2-12-23(13-3-1)29-22-33(38-30-19-9-6-14-24(29)30)39-31-20-10-7-17-27(31)34-25-15-4-5-16-26(25)35-28-18-8-11-21-32(28)40-37(35)36(34)39/h3-33H,1-2H3;3-25H,1-2H3;1-22H. The molecule has 0 amide bonds. The molecule has 2 aliphatic rings. The van der Waals surface area contributed by atoms with Crippen LogP contribution < -0.4 is 0 Å². The molecular formula is C131H88N8O. The molecule has 0 saturated heterocycles. The Labute approximate surface area is 808 Å². The highest BCUT2D eigenvalue weighted by Gasteiger charge is 2.43. The van der Waals surface area contributed by atoms with E-state index >= 15 is 0 Å². The largest absolute Gasteiger partial charge is 0.454 e. The highest BCUT2D eigenvalue weighted by molar-refractivity contribution is 6.36. The molecular weight excluding hydrogens is 1700 g/mol. The van der Waals surface area contributed by atoms with Gasteiger partial charge in [0.15, 0.2) is 11.4 Å². The zero-order chi connectivity index (χ0) is 93.0. The summed E-state index contributed by atoms with van der Waals surface area (Å²) in [5, 5.41) is 18.4. The summed E-state index contributed by atoms with van der Waals surface area (Å²) in [4.78, 5) is 26.1. The van der Waals surface area contributed by atoms with E-state index in [1.54, 1.807) is 0 Å². The summed E-state index contributed by atoms with van der Waals surface area (Å²) in [6.45, 7) is 9.52. The number of hydrogen-bond acceptors (Lipinski definition) is 6. The summed E-state index contributed by atoms with van der Waals surface area (Å²) in [7, 11) is 0. The number of nitrogens with zero attached hydrogens (tertiary/aromatic N) is 8. The third-order valence-corrected chi connectivity index (χ3v) is 29.3. The normalized spacial score (nSPS) is 12.8. The molecule has 7 heterocycles. The van der Waals surface area contributed by atoms with Gasteiger partial charge in [-0.1, -0.05) is 422 Å². The molecule has 0 bridgehead atoms. The third kappa shape index (κ3) is 12.8. The van der Waals surface area contributed by atoms with Gasteiger partial charge in [-0.3, -0.25) is 9.13 Å². The van der Waals surface area contributed by atoms with Gasteiger partial charge in [-0.05, 0) is 166 Å². The van der Waals surface area contributed by atoms with Crippen LogP contribution in [0.2, 0.25) is 0 Å². The molecule has 9 nitrogen and oxygen atoms in total. The first kappa shape index (κ1) is 81.5. The maximum atomic E-state index is 6.72. The van der Waals surface area contributed by atoms with Crippen LogP contribution in [0.3, 0.4) is 0 Å². The molecule has 9 heteroatoms. The summed E-state index contributed by atoms with van der Waals surface area (Å²) in [5.74, 6) is 2.27. The first-order valence-electron chi connectivity index (χ1n) is 48.1. The minimum atomic E-state index is -0.223. The Morgan fingerprint density at radius 2 is 0.600 bits per heavy atom. The third-order valence-electron chi connectivity index (χ3n) is 29.3. The van der Waals surface area contributed by atoms with Crippen LogP contribution in [-0.2, 0) is 10.8 Å². The van der Waals surface area contributed by atoms with Crippen molar-refractivity contribution in [3.05, 3.63) is 483 Å². The van der Waals surface area contributed by atoms with Crippen molar-refractivity contribution < 1.29 is 4.42 Å². The molecule has 27 aromatic rings. The van der Waals surface area contributed by atoms with Crippen LogP contribution >= 0.6 is 0 Å². The topological polar surface area (TPSA) is 92.4 Å². The fourth-order valence-corrected chi connectivity index (χ4v) is 23.1. The average molecular weight is 1790 g/mol. The lowest BCUT2D eigenvalue weighted by Crippen LogP contribution is -2.17. The number of pyridine rings is 1. The Kier molecular flexibility index (Phi) is 18.8. The van der Waals surface area contributed by atoms with E-state index in [0.717, 1.165) is 117 Å². The van der Waals surface area contributed by atoms with Gasteiger partial charge in [0, 0.05) is 92.8 Å². The Morgan fingerprint density at radius 3 is 1.13 bits per heavy atom. The SMILES string of the molecule is CC1(C)c2ccccc2-c2c1c1c(c3ccccc23)c2cc(-c3ccc(-c4nc(-c5ccccc5)cc(-c5ccccc5)n4)cc3)ccc2n1-c1ccccc1.CC1(C)c2ccccc2-c2c1c1c(c3ccccc23)c2ccccc2n1-c1nc(-c2ccccc2)cc(-c2ccccc2)n1.c1ccc(-c2cc(-n3c4ccccc4c4c5ccccc5c5c6ccccc6oc5c43)nc3ccccc23)cc1. The van der Waals surface area contributed by atoms with Crippen LogP contribution in [-0.4, -0.2) is 38.6 Å². The Hall–Kier alpha value is -18.1. The monoisotopic (exact) mass is 1790 g/mol. The number of para-hydroxylation sites is 5. The van der Waals surface area contributed by atoms with Crippen LogP contribution in [0.15, 0.2) is 465 Å². The minimum Gasteiger partial charge on any atom is -0.454 e. The highest BCUT2D eigenvalue weighted by atomic mass is 16.3. The van der Waals surface area contributed by atoms with Gasteiger partial charge < -0.3 is 8.98 Å². The second-order valence-corrected chi connectivity index (χ2v) is 37.9. The number of rotatable bonds is 10. The molecule has 29 rings (SSSR count). The first-order valence-corrected chi connectivity index (χ1v) is 48.1. The molecule has 2 aliphatic carbocycles. The Bertz CT molecular complexity index is 9610. The lowest BCUT2D eigenvalue weighted by molar-refractivity contribution is 0.663. The maximum Gasteiger partial charge on any atom is 0.235 e. The molecule has 658 valence electrons. The van der Waals surface area contributed by atoms with Gasteiger partial charge in [0.05, 0.1) is 61.4 Å². The molecule has 7 aromatic heterocycles. The van der Waals surface area contributed by atoms with E-state index in [1.165, 1.54) is 143 Å². The zero-order valence-electron chi connectivity index (χ0n) is 77.4. The van der Waals surface area contributed by atoms with Crippen molar-refractivity contribution in [1.29, 1.82) is 0 Å². The van der Waals surface area contributed by atoms with E-state index in [0.29, 0.717) is 11.8 Å². The van der Waals surface area contributed by atoms with E-state index in [-0.39, 0.29) is 10.8 Å². The molecule has 0 N–H and O–H groups in total. The number of benzene rings is 20. The first-order chi connectivity index (χ1) is 69.0. The van der Waals surface area contributed by atoms with Crippen LogP contribution in [0, 0.1) is 0 Å². The molecule has 140 heavy (non-hydrogen) atoms. The Morgan fingerprint density at radius 1 is 0.229 bits per heavy atom. The van der Waals surface area contributed by atoms with Crippen molar-refractivity contribution in [3.63, 3.8) is 0 Å². The number of fused-ring (bicyclic) bond motifs is 31. The fourth-order valence-electron chi connectivity index (χ4n) is 23.1. The Balaban J connectivity index is 0.000000107. The van der Waals surface area contributed by atoms with Crippen molar-refractivity contribution in [2.75, 3.05) is 0 Å². The molecule has 0 spiro atoms. The van der Waals surface area contributed by atoms with Crippen molar-refractivity contribution in [2.24, 2.45) is 0 Å². The molecule has 0 atom stereocenters. The number of furan rings is 1. The second-order valence-electron chi connectivity index (χ2n) is 37.9. The predicted octanol–water partition coefficient (Wildman–Crippen LogP) is 34.1. The van der Waals surface area contributed by atoms with Crippen molar-refractivity contribution >= 4 is 131 Å². The second kappa shape index (κ2) is 32.3. The smallest absolute Gasteiger partial charge is 0.235 e. The molecule has 0 radical (unpaired) electrons. The quantitative estimate of drug-likeness (QED) is 0.135. The predicted molar refractivity (Wildman–Crippen MR) is 582 cm³/mol. The average Bonchev–Trinajstić information content (AvgIpc) is 1.52. The van der Waals surface area contributed by atoms with Gasteiger partial charge in [0.1, 0.15) is 11.4 Å². The van der Waals surface area contributed by atoms with Crippen LogP contribution in [0.4, 0.5) is 0 Å². The molecule has 20 aromatic carbocycles. The summed E-state index contributed by atoms with van der Waals surface area (Å²) in [5.41, 5.74) is 34.8. The molecule has 0 unspecified atom stereocenters. The maximum absolute atomic E-state index is 6.72. The minimum absolute atomic E-state index is 0.186. The lowest BCUT2D eigenvalue weighted by atomic mass is 9.80. The van der Waals surface area contributed by atoms with E-state index in [4.69, 9.17) is 29.3 Å². The molecule has 0 fully saturated rings. The van der Waals surface area contributed by atoms with Gasteiger partial charge in [-0.2, -0.15) is 0 Å². The number of hydrogen-bond donors (Lipinski definition) is 0. The van der Waals surface area contributed by atoms with Gasteiger partial charge in [0.2, 0.25) is 5.95 Å². The summed E-state index contributed by atoms with van der Waals surface area (Å²) >= 11 is 0. The van der Waals surface area contributed by atoms with Crippen LogP contribution in [0.5, 0.6) is 0 Å². The summed E-state index contributed by atoms with van der Waals surface area (Å²) in [6, 6.07) is 164. The zero-order valence-corrected chi connectivity index (χ0v) is 77.4. The van der Waals surface area contributed by atoms with Gasteiger partial charge in [0.25, 0.3) is 0 Å². The highest BCUT2D eigenvalue weighted by Crippen LogP contribution is 2.59. The van der Waals surface area contributed by atoms with Crippen LogP contribution in [0.25, 0.3) is 249 Å². The lowest BCUT2D eigenvalue weighted by Gasteiger charge is -2.24. The van der Waals surface area contributed by atoms with Crippen molar-refractivity contribution in [2.45, 2.75) is 38.5 Å². The molecule has 0 saturated carbocycles. The summed E-state index contributed by atoms with van der Waals surface area (Å²) < 4.78 is 13.9. The van der Waals surface area contributed by atoms with E-state index in [1.807, 2.05) is 30.3 Å². The van der Waals surface area contributed by atoms with Crippen molar-refractivity contribution in [3.8, 4) is 118 Å². The van der Waals surface area contributed by atoms with E-state index < -0.39 is 0 Å².